The number of hydrogen-bond acceptors (Lipinski definition) is 3. The molecule has 1 heterocycles. The van der Waals surface area contributed by atoms with E-state index in [0.29, 0.717) is 12.1 Å². The molecule has 1 aromatic carbocycles. The van der Waals surface area contributed by atoms with Gasteiger partial charge in [0.2, 0.25) is 0 Å². The van der Waals surface area contributed by atoms with Gasteiger partial charge < -0.3 is 15.1 Å². The van der Waals surface area contributed by atoms with Crippen LogP contribution in [0.2, 0.25) is 0 Å². The minimum atomic E-state index is 0.503. The van der Waals surface area contributed by atoms with Gasteiger partial charge in [0.25, 0.3) is 0 Å². The summed E-state index contributed by atoms with van der Waals surface area (Å²) in [5.41, 5.74) is 2.72. The lowest BCUT2D eigenvalue weighted by molar-refractivity contribution is 0.248. The van der Waals surface area contributed by atoms with Crippen LogP contribution >= 0.6 is 15.9 Å². The summed E-state index contributed by atoms with van der Waals surface area (Å²) in [6, 6.07) is 7.76. The molecule has 1 aliphatic heterocycles. The Hall–Kier alpha value is -0.580. The molecule has 4 heteroatoms. The third-order valence-electron chi connectivity index (χ3n) is 4.27. The standard InChI is InChI=1S/C17H28BrN3/c1-13(2)19-11-14-10-15(18)7-8-17(14)21(4)16-6-5-9-20(3)12-16/h7-8,10,13,16,19H,5-6,9,11-12H2,1-4H3. The van der Waals surface area contributed by atoms with Crippen LogP contribution in [0.5, 0.6) is 0 Å². The number of rotatable bonds is 5. The molecule has 0 radical (unpaired) electrons. The van der Waals surface area contributed by atoms with Gasteiger partial charge in [-0.15, -0.1) is 0 Å². The van der Waals surface area contributed by atoms with E-state index in [4.69, 9.17) is 0 Å². The first-order chi connectivity index (χ1) is 9.97. The number of piperidine rings is 1. The number of likely N-dealkylation sites (tertiary alicyclic amines) is 1. The molecule has 0 aromatic heterocycles. The zero-order valence-electron chi connectivity index (χ0n) is 13.7. The van der Waals surface area contributed by atoms with E-state index in [1.807, 2.05) is 0 Å². The molecule has 0 spiro atoms. The zero-order chi connectivity index (χ0) is 15.4. The maximum atomic E-state index is 3.60. The molecule has 118 valence electrons. The molecular formula is C17H28BrN3. The number of halogens is 1. The lowest BCUT2D eigenvalue weighted by Crippen LogP contribution is -2.45. The highest BCUT2D eigenvalue weighted by Gasteiger charge is 2.22. The normalized spacial score (nSPS) is 20.0. The highest BCUT2D eigenvalue weighted by molar-refractivity contribution is 9.10. The van der Waals surface area contributed by atoms with Gasteiger partial charge in [0, 0.05) is 42.4 Å². The van der Waals surface area contributed by atoms with Crippen molar-refractivity contribution in [3.8, 4) is 0 Å². The van der Waals surface area contributed by atoms with E-state index in [2.05, 4.69) is 77.2 Å². The van der Waals surface area contributed by atoms with E-state index in [9.17, 15) is 0 Å². The third-order valence-corrected chi connectivity index (χ3v) is 4.76. The maximum absolute atomic E-state index is 3.60. The average molecular weight is 354 g/mol. The van der Waals surface area contributed by atoms with Crippen molar-refractivity contribution < 1.29 is 0 Å². The molecule has 1 saturated heterocycles. The van der Waals surface area contributed by atoms with E-state index in [0.717, 1.165) is 17.6 Å². The third kappa shape index (κ3) is 4.70. The predicted octanol–water partition coefficient (Wildman–Crippen LogP) is 3.48. The zero-order valence-corrected chi connectivity index (χ0v) is 15.3. The van der Waals surface area contributed by atoms with Crippen molar-refractivity contribution in [3.05, 3.63) is 28.2 Å². The van der Waals surface area contributed by atoms with E-state index in [-0.39, 0.29) is 0 Å². The molecule has 3 nitrogen and oxygen atoms in total. The van der Waals surface area contributed by atoms with Gasteiger partial charge in [-0.1, -0.05) is 29.8 Å². The molecule has 1 fully saturated rings. The number of benzene rings is 1. The van der Waals surface area contributed by atoms with Crippen LogP contribution in [0.4, 0.5) is 5.69 Å². The quantitative estimate of drug-likeness (QED) is 0.874. The number of nitrogens with one attached hydrogen (secondary N) is 1. The number of nitrogens with zero attached hydrogens (tertiary/aromatic N) is 2. The summed E-state index contributed by atoms with van der Waals surface area (Å²) in [4.78, 5) is 4.91. The Morgan fingerprint density at radius 3 is 2.86 bits per heavy atom. The Balaban J connectivity index is 2.16. The second-order valence-corrected chi connectivity index (χ2v) is 7.39. The fourth-order valence-electron chi connectivity index (χ4n) is 3.01. The Morgan fingerprint density at radius 1 is 1.43 bits per heavy atom. The van der Waals surface area contributed by atoms with Crippen LogP contribution in [0.25, 0.3) is 0 Å². The van der Waals surface area contributed by atoms with E-state index in [1.54, 1.807) is 0 Å². The van der Waals surface area contributed by atoms with Crippen LogP contribution in [0.1, 0.15) is 32.3 Å². The molecule has 1 N–H and O–H groups in total. The largest absolute Gasteiger partial charge is 0.370 e. The van der Waals surface area contributed by atoms with E-state index < -0.39 is 0 Å². The summed E-state index contributed by atoms with van der Waals surface area (Å²) in [7, 11) is 4.47. The lowest BCUT2D eigenvalue weighted by Gasteiger charge is -2.38. The second-order valence-electron chi connectivity index (χ2n) is 6.48. The highest BCUT2D eigenvalue weighted by atomic mass is 79.9. The van der Waals surface area contributed by atoms with Crippen LogP contribution in [0, 0.1) is 0 Å². The Morgan fingerprint density at radius 2 is 2.19 bits per heavy atom. The van der Waals surface area contributed by atoms with Gasteiger partial charge >= 0.3 is 0 Å². The molecule has 2 rings (SSSR count). The Bertz CT molecular complexity index is 461. The van der Waals surface area contributed by atoms with Crippen molar-refractivity contribution in [2.75, 3.05) is 32.1 Å². The fraction of sp³-hybridized carbons (Fsp3) is 0.647. The molecule has 0 saturated carbocycles. The minimum Gasteiger partial charge on any atom is -0.370 e. The van der Waals surface area contributed by atoms with Gasteiger partial charge in [-0.2, -0.15) is 0 Å². The first-order valence-electron chi connectivity index (χ1n) is 7.90. The summed E-state index contributed by atoms with van der Waals surface area (Å²) < 4.78 is 1.15. The molecule has 21 heavy (non-hydrogen) atoms. The van der Waals surface area contributed by atoms with E-state index in [1.165, 1.54) is 30.6 Å². The van der Waals surface area contributed by atoms with Gasteiger partial charge in [-0.05, 0) is 50.2 Å². The van der Waals surface area contributed by atoms with Crippen molar-refractivity contribution in [1.82, 2.24) is 10.2 Å². The molecule has 1 aliphatic rings. The van der Waals surface area contributed by atoms with Crippen molar-refractivity contribution in [3.63, 3.8) is 0 Å². The van der Waals surface area contributed by atoms with Crippen molar-refractivity contribution in [2.45, 2.75) is 45.3 Å². The predicted molar refractivity (Wildman–Crippen MR) is 95.0 cm³/mol. The SMILES string of the molecule is CC(C)NCc1cc(Br)ccc1N(C)C1CCCN(C)C1. The van der Waals surface area contributed by atoms with Crippen molar-refractivity contribution in [1.29, 1.82) is 0 Å². The highest BCUT2D eigenvalue weighted by Crippen LogP contribution is 2.27. The Labute approximate surface area is 137 Å². The van der Waals surface area contributed by atoms with Crippen LogP contribution in [0.3, 0.4) is 0 Å². The first kappa shape index (κ1) is 16.8. The summed E-state index contributed by atoms with van der Waals surface area (Å²) in [5.74, 6) is 0. The summed E-state index contributed by atoms with van der Waals surface area (Å²) >= 11 is 3.60. The van der Waals surface area contributed by atoms with Gasteiger partial charge in [0.05, 0.1) is 0 Å². The second kappa shape index (κ2) is 7.61. The van der Waals surface area contributed by atoms with Crippen LogP contribution in [-0.2, 0) is 6.54 Å². The number of hydrogen-bond donors (Lipinski definition) is 1. The maximum Gasteiger partial charge on any atom is 0.0414 e. The van der Waals surface area contributed by atoms with Crippen molar-refractivity contribution in [2.24, 2.45) is 0 Å². The van der Waals surface area contributed by atoms with Gasteiger partial charge in [0.15, 0.2) is 0 Å². The van der Waals surface area contributed by atoms with Crippen LogP contribution < -0.4 is 10.2 Å². The fourth-order valence-corrected chi connectivity index (χ4v) is 3.41. The summed E-state index contributed by atoms with van der Waals surface area (Å²) in [5, 5.41) is 3.54. The average Bonchev–Trinajstić information content (AvgIpc) is 2.44. The molecular weight excluding hydrogens is 326 g/mol. The Kier molecular flexibility index (Phi) is 6.08. The molecule has 1 atom stereocenters. The van der Waals surface area contributed by atoms with E-state index >= 15 is 0 Å². The molecule has 0 aliphatic carbocycles. The smallest absolute Gasteiger partial charge is 0.0414 e. The molecule has 1 aromatic rings. The first-order valence-corrected chi connectivity index (χ1v) is 8.70. The van der Waals surface area contributed by atoms with Crippen LogP contribution in [-0.4, -0.2) is 44.2 Å². The van der Waals surface area contributed by atoms with Gasteiger partial charge in [-0.3, -0.25) is 0 Å². The number of likely N-dealkylation sites (N-methyl/N-ethyl adjacent to an activating group) is 2. The van der Waals surface area contributed by atoms with Crippen LogP contribution in [0.15, 0.2) is 22.7 Å². The summed E-state index contributed by atoms with van der Waals surface area (Å²) in [6.07, 6.45) is 2.58. The van der Waals surface area contributed by atoms with Gasteiger partial charge in [-0.25, -0.2) is 0 Å². The monoisotopic (exact) mass is 353 g/mol. The minimum absolute atomic E-state index is 0.503. The molecule has 0 amide bonds. The topological polar surface area (TPSA) is 18.5 Å². The van der Waals surface area contributed by atoms with Crippen molar-refractivity contribution >= 4 is 21.6 Å². The lowest BCUT2D eigenvalue weighted by atomic mass is 10.0. The summed E-state index contributed by atoms with van der Waals surface area (Å²) in [6.45, 7) is 7.68. The number of anilines is 1. The molecule has 0 bridgehead atoms. The van der Waals surface area contributed by atoms with Gasteiger partial charge in [0.1, 0.15) is 0 Å². The molecule has 1 unspecified atom stereocenters.